The number of benzene rings is 1. The molecule has 2 aromatic rings. The van der Waals surface area contributed by atoms with Gasteiger partial charge in [-0.3, -0.25) is 4.79 Å². The van der Waals surface area contributed by atoms with Crippen molar-refractivity contribution in [3.8, 4) is 11.1 Å². The highest BCUT2D eigenvalue weighted by molar-refractivity contribution is 5.86. The van der Waals surface area contributed by atoms with E-state index < -0.39 is 0 Å². The lowest BCUT2D eigenvalue weighted by Crippen LogP contribution is -1.98. The molecule has 2 nitrogen and oxygen atoms in total. The third-order valence-corrected chi connectivity index (χ3v) is 3.60. The van der Waals surface area contributed by atoms with Crippen LogP contribution in [-0.4, -0.2) is 6.29 Å². The number of carbonyl (C=O) groups excluding carboxylic acids is 1. The van der Waals surface area contributed by atoms with Crippen LogP contribution in [0.5, 0.6) is 0 Å². The summed E-state index contributed by atoms with van der Waals surface area (Å²) in [5.41, 5.74) is 6.04. The Morgan fingerprint density at radius 1 is 1.05 bits per heavy atom. The maximum Gasteiger partial charge on any atom is 0.185 e. The first-order valence-electron chi connectivity index (χ1n) is 6.92. The molecule has 0 bridgehead atoms. The second kappa shape index (κ2) is 5.87. The minimum Gasteiger partial charge on any atom is -0.461 e. The summed E-state index contributed by atoms with van der Waals surface area (Å²) in [6.45, 7) is 6.47. The fourth-order valence-corrected chi connectivity index (χ4v) is 2.57. The van der Waals surface area contributed by atoms with Crippen molar-refractivity contribution < 1.29 is 9.21 Å². The van der Waals surface area contributed by atoms with E-state index in [1.807, 2.05) is 6.07 Å². The van der Waals surface area contributed by atoms with Crippen LogP contribution in [0.15, 0.2) is 28.9 Å². The molecule has 0 radical (unpaired) electrons. The monoisotopic (exact) mass is 256 g/mol. The average molecular weight is 256 g/mol. The summed E-state index contributed by atoms with van der Waals surface area (Å²) in [4.78, 5) is 11.1. The molecular weight excluding hydrogens is 236 g/mol. The third kappa shape index (κ3) is 2.48. The van der Waals surface area contributed by atoms with Gasteiger partial charge in [0.2, 0.25) is 0 Å². The zero-order chi connectivity index (χ0) is 13.8. The summed E-state index contributed by atoms with van der Waals surface area (Å²) >= 11 is 0. The minimum absolute atomic E-state index is 0.425. The zero-order valence-electron chi connectivity index (χ0n) is 11.8. The molecule has 0 amide bonds. The van der Waals surface area contributed by atoms with E-state index >= 15 is 0 Å². The van der Waals surface area contributed by atoms with E-state index in [2.05, 4.69) is 32.9 Å². The number of aldehydes is 1. The van der Waals surface area contributed by atoms with E-state index in [0.717, 1.165) is 31.1 Å². The van der Waals surface area contributed by atoms with Crippen molar-refractivity contribution in [3.05, 3.63) is 46.9 Å². The molecule has 0 saturated heterocycles. The molecule has 1 aromatic heterocycles. The van der Waals surface area contributed by atoms with Gasteiger partial charge in [-0.2, -0.15) is 0 Å². The number of carbonyl (C=O) groups is 1. The summed E-state index contributed by atoms with van der Waals surface area (Å²) in [6, 6.07) is 6.38. The van der Waals surface area contributed by atoms with Crippen LogP contribution in [0.2, 0.25) is 0 Å². The van der Waals surface area contributed by atoms with Crippen molar-refractivity contribution in [2.24, 2.45) is 0 Å². The van der Waals surface area contributed by atoms with Crippen LogP contribution in [0.3, 0.4) is 0 Å². The second-order valence-corrected chi connectivity index (χ2v) is 4.67. The first kappa shape index (κ1) is 13.6. The fourth-order valence-electron chi connectivity index (χ4n) is 2.57. The Bertz CT molecular complexity index is 554. The normalized spacial score (nSPS) is 10.7. The van der Waals surface area contributed by atoms with Crippen LogP contribution < -0.4 is 0 Å². The van der Waals surface area contributed by atoms with Gasteiger partial charge in [-0.05, 0) is 47.6 Å². The Balaban J connectivity index is 2.70. The van der Waals surface area contributed by atoms with E-state index in [4.69, 9.17) is 4.42 Å². The van der Waals surface area contributed by atoms with E-state index in [-0.39, 0.29) is 0 Å². The van der Waals surface area contributed by atoms with Crippen molar-refractivity contribution in [1.29, 1.82) is 0 Å². The predicted molar refractivity (Wildman–Crippen MR) is 77.7 cm³/mol. The maximum atomic E-state index is 11.1. The van der Waals surface area contributed by atoms with Crippen LogP contribution in [-0.2, 0) is 19.3 Å². The molecule has 0 aliphatic carbocycles. The van der Waals surface area contributed by atoms with Gasteiger partial charge in [0, 0.05) is 5.56 Å². The van der Waals surface area contributed by atoms with E-state index in [9.17, 15) is 4.79 Å². The number of furan rings is 1. The van der Waals surface area contributed by atoms with E-state index in [0.29, 0.717) is 5.76 Å². The lowest BCUT2D eigenvalue weighted by atomic mass is 9.89. The van der Waals surface area contributed by atoms with Gasteiger partial charge in [0.15, 0.2) is 12.0 Å². The van der Waals surface area contributed by atoms with Gasteiger partial charge < -0.3 is 4.42 Å². The number of hydrogen-bond donors (Lipinski definition) is 0. The fraction of sp³-hybridized carbons (Fsp3) is 0.353. The van der Waals surface area contributed by atoms with Crippen LogP contribution in [0.1, 0.15) is 48.0 Å². The summed E-state index contributed by atoms with van der Waals surface area (Å²) in [6.07, 6.45) is 5.33. The maximum absolute atomic E-state index is 11.1. The topological polar surface area (TPSA) is 30.2 Å². The summed E-state index contributed by atoms with van der Waals surface area (Å²) in [7, 11) is 0. The van der Waals surface area contributed by atoms with Gasteiger partial charge in [-0.15, -0.1) is 0 Å². The number of aryl methyl sites for hydroxylation is 3. The van der Waals surface area contributed by atoms with Gasteiger partial charge in [-0.25, -0.2) is 0 Å². The third-order valence-electron chi connectivity index (χ3n) is 3.60. The summed E-state index contributed by atoms with van der Waals surface area (Å²) < 4.78 is 5.26. The van der Waals surface area contributed by atoms with Crippen molar-refractivity contribution in [2.45, 2.75) is 40.0 Å². The smallest absolute Gasteiger partial charge is 0.185 e. The molecule has 2 rings (SSSR count). The van der Waals surface area contributed by atoms with Gasteiger partial charge in [0.1, 0.15) is 0 Å². The molecule has 1 heterocycles. The quantitative estimate of drug-likeness (QED) is 0.740. The summed E-state index contributed by atoms with van der Waals surface area (Å²) in [5.74, 6) is 0.425. The molecule has 0 fully saturated rings. The Hall–Kier alpha value is -1.83. The largest absolute Gasteiger partial charge is 0.461 e. The Kier molecular flexibility index (Phi) is 4.20. The Morgan fingerprint density at radius 2 is 1.68 bits per heavy atom. The molecule has 0 spiro atoms. The number of hydrogen-bond acceptors (Lipinski definition) is 2. The zero-order valence-corrected chi connectivity index (χ0v) is 11.8. The Morgan fingerprint density at radius 3 is 2.16 bits per heavy atom. The Labute approximate surface area is 114 Å². The van der Waals surface area contributed by atoms with Crippen molar-refractivity contribution in [1.82, 2.24) is 0 Å². The van der Waals surface area contributed by atoms with Crippen molar-refractivity contribution >= 4 is 6.29 Å². The molecule has 0 atom stereocenters. The first-order valence-corrected chi connectivity index (χ1v) is 6.92. The standard InChI is InChI=1S/C17H20O2/c1-4-12-9-13(5-2)17(14(6-3)10-12)15-7-8-19-16(15)11-18/h7-11H,4-6H2,1-3H3. The molecule has 0 aliphatic rings. The second-order valence-electron chi connectivity index (χ2n) is 4.67. The van der Waals surface area contributed by atoms with Crippen LogP contribution in [0, 0.1) is 0 Å². The van der Waals surface area contributed by atoms with Gasteiger partial charge in [0.05, 0.1) is 6.26 Å². The molecule has 1 aromatic carbocycles. The van der Waals surface area contributed by atoms with Gasteiger partial charge in [-0.1, -0.05) is 32.9 Å². The lowest BCUT2D eigenvalue weighted by molar-refractivity contribution is 0.110. The molecular formula is C17H20O2. The molecule has 2 heteroatoms. The molecule has 0 aliphatic heterocycles. The summed E-state index contributed by atoms with van der Waals surface area (Å²) in [5, 5.41) is 0. The molecule has 100 valence electrons. The molecule has 0 saturated carbocycles. The first-order chi connectivity index (χ1) is 9.24. The van der Waals surface area contributed by atoms with Crippen LogP contribution in [0.25, 0.3) is 11.1 Å². The van der Waals surface area contributed by atoms with Gasteiger partial charge in [0.25, 0.3) is 0 Å². The lowest BCUT2D eigenvalue weighted by Gasteiger charge is -2.14. The molecule has 19 heavy (non-hydrogen) atoms. The molecule has 0 N–H and O–H groups in total. The highest BCUT2D eigenvalue weighted by atomic mass is 16.3. The van der Waals surface area contributed by atoms with E-state index in [1.165, 1.54) is 22.3 Å². The van der Waals surface area contributed by atoms with Crippen molar-refractivity contribution in [3.63, 3.8) is 0 Å². The average Bonchev–Trinajstić information content (AvgIpc) is 2.93. The van der Waals surface area contributed by atoms with E-state index in [1.54, 1.807) is 6.26 Å². The van der Waals surface area contributed by atoms with Crippen LogP contribution >= 0.6 is 0 Å². The van der Waals surface area contributed by atoms with Crippen molar-refractivity contribution in [2.75, 3.05) is 0 Å². The molecule has 0 unspecified atom stereocenters. The number of rotatable bonds is 5. The highest BCUT2D eigenvalue weighted by Gasteiger charge is 2.15. The predicted octanol–water partition coefficient (Wildman–Crippen LogP) is 4.45. The minimum atomic E-state index is 0.425. The highest BCUT2D eigenvalue weighted by Crippen LogP contribution is 2.33. The van der Waals surface area contributed by atoms with Gasteiger partial charge >= 0.3 is 0 Å². The SMILES string of the molecule is CCc1cc(CC)c(-c2ccoc2C=O)c(CC)c1. The van der Waals surface area contributed by atoms with Crippen LogP contribution in [0.4, 0.5) is 0 Å².